The molecule has 148 valence electrons. The molecule has 2 aromatic rings. The zero-order valence-corrected chi connectivity index (χ0v) is 17.2. The lowest BCUT2D eigenvalue weighted by Crippen LogP contribution is -2.42. The maximum Gasteiger partial charge on any atom is 0.255 e. The van der Waals surface area contributed by atoms with Crippen LogP contribution in [0, 0.1) is 0 Å². The summed E-state index contributed by atoms with van der Waals surface area (Å²) in [6, 6.07) is 13.6. The van der Waals surface area contributed by atoms with E-state index in [0.29, 0.717) is 16.3 Å². The molecule has 0 saturated carbocycles. The summed E-state index contributed by atoms with van der Waals surface area (Å²) < 4.78 is 27.0. The summed E-state index contributed by atoms with van der Waals surface area (Å²) in [4.78, 5) is 14.5. The maximum absolute atomic E-state index is 12.7. The molecular weight excluding hydrogens is 396 g/mol. The van der Waals surface area contributed by atoms with Crippen molar-refractivity contribution < 1.29 is 13.2 Å². The van der Waals surface area contributed by atoms with Gasteiger partial charge in [0.25, 0.3) is 15.9 Å². The second kappa shape index (κ2) is 8.80. The summed E-state index contributed by atoms with van der Waals surface area (Å²) >= 11 is 5.82. The summed E-state index contributed by atoms with van der Waals surface area (Å²) in [6.45, 7) is 2.83. The molecule has 0 spiro atoms. The molecule has 7 heteroatoms. The maximum atomic E-state index is 12.7. The fourth-order valence-corrected chi connectivity index (χ4v) is 4.18. The van der Waals surface area contributed by atoms with Crippen LogP contribution in [0.4, 0.5) is 5.69 Å². The first-order chi connectivity index (χ1) is 13.3. The minimum atomic E-state index is -3.66. The van der Waals surface area contributed by atoms with Crippen LogP contribution >= 0.6 is 11.6 Å². The van der Waals surface area contributed by atoms with Crippen LogP contribution in [0.25, 0.3) is 6.08 Å². The molecule has 1 aliphatic rings. The van der Waals surface area contributed by atoms with Crippen molar-refractivity contribution in [2.24, 2.45) is 0 Å². The highest BCUT2D eigenvalue weighted by Gasteiger charge is 2.24. The van der Waals surface area contributed by atoms with Gasteiger partial charge in [-0.2, -0.15) is 0 Å². The Bertz CT molecular complexity index is 954. The van der Waals surface area contributed by atoms with E-state index in [1.54, 1.807) is 48.5 Å². The number of rotatable bonds is 5. The number of hydrogen-bond acceptors (Lipinski definition) is 3. The third-order valence-corrected chi connectivity index (χ3v) is 6.03. The molecule has 1 heterocycles. The van der Waals surface area contributed by atoms with Gasteiger partial charge in [-0.25, -0.2) is 8.42 Å². The van der Waals surface area contributed by atoms with Gasteiger partial charge in [0.2, 0.25) is 0 Å². The van der Waals surface area contributed by atoms with Crippen LogP contribution in [0.2, 0.25) is 5.02 Å². The van der Waals surface area contributed by atoms with Gasteiger partial charge >= 0.3 is 0 Å². The number of sulfonamides is 1. The van der Waals surface area contributed by atoms with E-state index in [1.807, 2.05) is 4.90 Å². The number of nitrogens with one attached hydrogen (secondary N) is 1. The Morgan fingerprint density at radius 1 is 1.11 bits per heavy atom. The van der Waals surface area contributed by atoms with Crippen molar-refractivity contribution in [2.75, 3.05) is 11.3 Å². The largest absolute Gasteiger partial charge is 0.336 e. The smallest absolute Gasteiger partial charge is 0.255 e. The molecule has 1 atom stereocenters. The van der Waals surface area contributed by atoms with E-state index in [1.165, 1.54) is 6.08 Å². The Labute approximate surface area is 171 Å². The van der Waals surface area contributed by atoms with E-state index in [4.69, 9.17) is 11.6 Å². The number of halogens is 1. The van der Waals surface area contributed by atoms with Gasteiger partial charge in [0.1, 0.15) is 0 Å². The molecule has 2 aromatic carbocycles. The summed E-state index contributed by atoms with van der Waals surface area (Å²) in [5.74, 6) is -0.00996. The van der Waals surface area contributed by atoms with Gasteiger partial charge in [0, 0.05) is 28.9 Å². The number of carbonyl (C=O) groups is 1. The van der Waals surface area contributed by atoms with Crippen LogP contribution in [-0.4, -0.2) is 31.8 Å². The van der Waals surface area contributed by atoms with E-state index in [-0.39, 0.29) is 11.9 Å². The number of likely N-dealkylation sites (tertiary alicyclic amines) is 1. The van der Waals surface area contributed by atoms with E-state index in [2.05, 4.69) is 11.6 Å². The quantitative estimate of drug-likeness (QED) is 0.760. The van der Waals surface area contributed by atoms with Crippen LogP contribution < -0.4 is 4.72 Å². The molecule has 1 unspecified atom stereocenters. The Morgan fingerprint density at radius 2 is 1.79 bits per heavy atom. The van der Waals surface area contributed by atoms with Gasteiger partial charge in [0.05, 0.1) is 5.41 Å². The number of nitrogens with zero attached hydrogens (tertiary/aromatic N) is 1. The predicted molar refractivity (Wildman–Crippen MR) is 114 cm³/mol. The van der Waals surface area contributed by atoms with Gasteiger partial charge in [-0.3, -0.25) is 9.52 Å². The molecule has 0 radical (unpaired) electrons. The van der Waals surface area contributed by atoms with Crippen LogP contribution in [0.5, 0.6) is 0 Å². The summed E-state index contributed by atoms with van der Waals surface area (Å²) in [6.07, 6.45) is 4.68. The minimum Gasteiger partial charge on any atom is -0.336 e. The number of hydrogen-bond donors (Lipinski definition) is 1. The second-order valence-electron chi connectivity index (χ2n) is 6.92. The predicted octanol–water partition coefficient (Wildman–Crippen LogP) is 4.77. The molecule has 1 amide bonds. The van der Waals surface area contributed by atoms with E-state index >= 15 is 0 Å². The Kier molecular flexibility index (Phi) is 6.42. The average Bonchev–Trinajstić information content (AvgIpc) is 2.68. The van der Waals surface area contributed by atoms with Crippen molar-refractivity contribution in [2.45, 2.75) is 32.2 Å². The van der Waals surface area contributed by atoms with Crippen molar-refractivity contribution in [1.29, 1.82) is 0 Å². The average molecular weight is 419 g/mol. The van der Waals surface area contributed by atoms with Gasteiger partial charge in [0.15, 0.2) is 0 Å². The third-order valence-electron chi connectivity index (χ3n) is 4.77. The third kappa shape index (κ3) is 5.36. The number of benzene rings is 2. The lowest BCUT2D eigenvalue weighted by molar-refractivity contribution is 0.0635. The van der Waals surface area contributed by atoms with Gasteiger partial charge in [-0.15, -0.1) is 0 Å². The molecule has 1 saturated heterocycles. The zero-order valence-electron chi connectivity index (χ0n) is 15.6. The molecule has 5 nitrogen and oxygen atoms in total. The van der Waals surface area contributed by atoms with E-state index in [0.717, 1.165) is 36.8 Å². The monoisotopic (exact) mass is 418 g/mol. The Balaban J connectivity index is 1.66. The fourth-order valence-electron chi connectivity index (χ4n) is 3.19. The topological polar surface area (TPSA) is 66.5 Å². The van der Waals surface area contributed by atoms with Crippen LogP contribution in [0.15, 0.2) is 53.9 Å². The zero-order chi connectivity index (χ0) is 20.1. The normalized spacial score (nSPS) is 17.6. The molecule has 1 fully saturated rings. The van der Waals surface area contributed by atoms with Crippen molar-refractivity contribution in [3.8, 4) is 0 Å². The number of amides is 1. The number of carbonyl (C=O) groups excluding carboxylic acids is 1. The molecule has 0 bridgehead atoms. The van der Waals surface area contributed by atoms with Crippen molar-refractivity contribution in [1.82, 2.24) is 4.90 Å². The first-order valence-corrected chi connectivity index (χ1v) is 11.1. The molecule has 1 N–H and O–H groups in total. The highest BCUT2D eigenvalue weighted by atomic mass is 35.5. The van der Waals surface area contributed by atoms with E-state index < -0.39 is 10.0 Å². The molecular formula is C21H23ClN2O3S. The first kappa shape index (κ1) is 20.4. The van der Waals surface area contributed by atoms with Crippen molar-refractivity contribution >= 4 is 39.3 Å². The van der Waals surface area contributed by atoms with Crippen molar-refractivity contribution in [3.63, 3.8) is 0 Å². The van der Waals surface area contributed by atoms with Crippen LogP contribution in [0.3, 0.4) is 0 Å². The number of anilines is 1. The fraction of sp³-hybridized carbons (Fsp3) is 0.286. The molecule has 3 rings (SSSR count). The SMILES string of the molecule is CC1CCCCN1C(=O)c1ccc(NS(=O)(=O)/C=C/c2ccc(Cl)cc2)cc1. The highest BCUT2D eigenvalue weighted by Crippen LogP contribution is 2.20. The van der Waals surface area contributed by atoms with Gasteiger partial charge in [-0.1, -0.05) is 23.7 Å². The molecule has 1 aliphatic heterocycles. The van der Waals surface area contributed by atoms with E-state index in [9.17, 15) is 13.2 Å². The Hall–Kier alpha value is -2.31. The molecule has 0 aliphatic carbocycles. The van der Waals surface area contributed by atoms with Crippen LogP contribution in [-0.2, 0) is 10.0 Å². The summed E-state index contributed by atoms with van der Waals surface area (Å²) in [5.41, 5.74) is 1.70. The first-order valence-electron chi connectivity index (χ1n) is 9.21. The Morgan fingerprint density at radius 3 is 2.43 bits per heavy atom. The second-order valence-corrected chi connectivity index (χ2v) is 8.92. The lowest BCUT2D eigenvalue weighted by atomic mass is 10.0. The van der Waals surface area contributed by atoms with Crippen LogP contribution in [0.1, 0.15) is 42.1 Å². The summed E-state index contributed by atoms with van der Waals surface area (Å²) in [7, 11) is -3.66. The van der Waals surface area contributed by atoms with Gasteiger partial charge < -0.3 is 4.90 Å². The molecule has 0 aromatic heterocycles. The minimum absolute atomic E-state index is 0.00996. The lowest BCUT2D eigenvalue weighted by Gasteiger charge is -2.33. The highest BCUT2D eigenvalue weighted by molar-refractivity contribution is 7.95. The summed E-state index contributed by atoms with van der Waals surface area (Å²) in [5, 5.41) is 1.69. The standard InChI is InChI=1S/C21H23ClN2O3S/c1-16-4-2-3-14-24(16)21(25)18-7-11-20(12-8-18)23-28(26,27)15-13-17-5-9-19(22)10-6-17/h5-13,15-16,23H,2-4,14H2,1H3/b15-13+. The molecule has 28 heavy (non-hydrogen) atoms. The van der Waals surface area contributed by atoms with Gasteiger partial charge in [-0.05, 0) is 74.2 Å². The number of piperidine rings is 1. The van der Waals surface area contributed by atoms with Crippen molar-refractivity contribution in [3.05, 3.63) is 70.1 Å².